The van der Waals surface area contributed by atoms with E-state index >= 15 is 0 Å². The van der Waals surface area contributed by atoms with E-state index < -0.39 is 0 Å². The lowest BCUT2D eigenvalue weighted by molar-refractivity contribution is 0.0526. The molecule has 3 rings (SSSR count). The van der Waals surface area contributed by atoms with Crippen molar-refractivity contribution in [1.82, 2.24) is 4.98 Å². The molecule has 122 valence electrons. The van der Waals surface area contributed by atoms with E-state index in [0.717, 1.165) is 16.5 Å². The normalized spacial score (nSPS) is 11.2. The first-order valence-electron chi connectivity index (χ1n) is 7.71. The van der Waals surface area contributed by atoms with Gasteiger partial charge in [-0.05, 0) is 49.7 Å². The van der Waals surface area contributed by atoms with Crippen LogP contribution in [0.25, 0.3) is 10.9 Å². The second-order valence-corrected chi connectivity index (χ2v) is 5.46. The fourth-order valence-electron chi connectivity index (χ4n) is 2.49. The number of carbonyl (C=O) groups is 1. The molecule has 0 fully saturated rings. The maximum absolute atomic E-state index is 11.6. The third-order valence-electron chi connectivity index (χ3n) is 3.69. The first-order chi connectivity index (χ1) is 11.6. The highest BCUT2D eigenvalue weighted by Crippen LogP contribution is 2.27. The lowest BCUT2D eigenvalue weighted by Crippen LogP contribution is -2.03. The van der Waals surface area contributed by atoms with Crippen LogP contribution in [-0.4, -0.2) is 28.9 Å². The van der Waals surface area contributed by atoms with Crippen LogP contribution < -0.4 is 0 Å². The summed E-state index contributed by atoms with van der Waals surface area (Å²) in [7, 11) is 0. The number of aromatic hydroxyl groups is 1. The van der Waals surface area contributed by atoms with Crippen LogP contribution >= 0.6 is 0 Å². The maximum atomic E-state index is 11.6. The molecule has 5 heteroatoms. The Bertz CT molecular complexity index is 908. The van der Waals surface area contributed by atoms with Crippen molar-refractivity contribution in [2.45, 2.75) is 13.8 Å². The zero-order valence-electron chi connectivity index (χ0n) is 13.5. The SMILES string of the molecule is CCOC(=O)c1ccc(N=Cc2c(O)[nH]c3cc(C)ccc23)cc1. The van der Waals surface area contributed by atoms with E-state index in [1.807, 2.05) is 25.1 Å². The zero-order chi connectivity index (χ0) is 17.1. The van der Waals surface area contributed by atoms with Gasteiger partial charge in [-0.2, -0.15) is 0 Å². The number of aliphatic imine (C=N–C) groups is 1. The van der Waals surface area contributed by atoms with E-state index in [4.69, 9.17) is 4.74 Å². The fourth-order valence-corrected chi connectivity index (χ4v) is 2.49. The lowest BCUT2D eigenvalue weighted by atomic mass is 10.1. The number of hydrogen-bond donors (Lipinski definition) is 2. The highest BCUT2D eigenvalue weighted by molar-refractivity contribution is 6.02. The smallest absolute Gasteiger partial charge is 0.338 e. The Morgan fingerprint density at radius 1 is 1.25 bits per heavy atom. The molecule has 0 atom stereocenters. The largest absolute Gasteiger partial charge is 0.494 e. The molecule has 0 radical (unpaired) electrons. The van der Waals surface area contributed by atoms with E-state index in [2.05, 4.69) is 9.98 Å². The number of hydrogen-bond acceptors (Lipinski definition) is 4. The number of nitrogens with zero attached hydrogens (tertiary/aromatic N) is 1. The molecule has 0 bridgehead atoms. The number of ether oxygens (including phenoxy) is 1. The summed E-state index contributed by atoms with van der Waals surface area (Å²) in [6.07, 6.45) is 1.61. The molecule has 0 amide bonds. The van der Waals surface area contributed by atoms with Gasteiger partial charge >= 0.3 is 5.97 Å². The van der Waals surface area contributed by atoms with Gasteiger partial charge in [0.05, 0.1) is 23.4 Å². The summed E-state index contributed by atoms with van der Waals surface area (Å²) in [6, 6.07) is 12.7. The van der Waals surface area contributed by atoms with Crippen LogP contribution in [0.5, 0.6) is 5.88 Å². The zero-order valence-corrected chi connectivity index (χ0v) is 13.5. The molecule has 0 aliphatic rings. The summed E-state index contributed by atoms with van der Waals surface area (Å²) in [5.74, 6) is -0.264. The Kier molecular flexibility index (Phi) is 4.33. The summed E-state index contributed by atoms with van der Waals surface area (Å²) in [4.78, 5) is 18.9. The third kappa shape index (κ3) is 3.15. The summed E-state index contributed by atoms with van der Waals surface area (Å²) in [6.45, 7) is 4.11. The van der Waals surface area contributed by atoms with Gasteiger partial charge in [0.1, 0.15) is 0 Å². The number of esters is 1. The van der Waals surface area contributed by atoms with Gasteiger partial charge in [-0.25, -0.2) is 4.79 Å². The monoisotopic (exact) mass is 322 g/mol. The summed E-state index contributed by atoms with van der Waals surface area (Å²) < 4.78 is 4.95. The Hall–Kier alpha value is -3.08. The number of rotatable bonds is 4. The van der Waals surface area contributed by atoms with Crippen molar-refractivity contribution >= 4 is 28.8 Å². The Balaban J connectivity index is 1.86. The fraction of sp³-hybridized carbons (Fsp3) is 0.158. The number of carbonyl (C=O) groups excluding carboxylic acids is 1. The van der Waals surface area contributed by atoms with Gasteiger partial charge in [0.25, 0.3) is 0 Å². The van der Waals surface area contributed by atoms with Crippen LogP contribution in [-0.2, 0) is 4.74 Å². The molecule has 0 saturated carbocycles. The van der Waals surface area contributed by atoms with E-state index in [9.17, 15) is 9.90 Å². The summed E-state index contributed by atoms with van der Waals surface area (Å²) in [5.41, 5.74) is 3.79. The van der Waals surface area contributed by atoms with Gasteiger partial charge in [0.2, 0.25) is 0 Å². The van der Waals surface area contributed by atoms with Crippen molar-refractivity contribution in [3.63, 3.8) is 0 Å². The minimum atomic E-state index is -0.349. The van der Waals surface area contributed by atoms with Gasteiger partial charge in [0.15, 0.2) is 5.88 Å². The predicted molar refractivity (Wildman–Crippen MR) is 94.4 cm³/mol. The van der Waals surface area contributed by atoms with Crippen LogP contribution in [0.1, 0.15) is 28.4 Å². The number of nitrogens with one attached hydrogen (secondary N) is 1. The van der Waals surface area contributed by atoms with Gasteiger partial charge in [-0.15, -0.1) is 0 Å². The van der Waals surface area contributed by atoms with Crippen LogP contribution in [0.2, 0.25) is 0 Å². The average molecular weight is 322 g/mol. The number of fused-ring (bicyclic) bond motifs is 1. The van der Waals surface area contributed by atoms with Crippen molar-refractivity contribution < 1.29 is 14.6 Å². The predicted octanol–water partition coefficient (Wildman–Crippen LogP) is 4.11. The molecule has 1 aromatic heterocycles. The molecule has 2 N–H and O–H groups in total. The van der Waals surface area contributed by atoms with Crippen molar-refractivity contribution in [3.8, 4) is 5.88 Å². The van der Waals surface area contributed by atoms with E-state index in [0.29, 0.717) is 23.4 Å². The Labute approximate surface area is 139 Å². The molecule has 2 aromatic carbocycles. The molecule has 0 aliphatic heterocycles. The third-order valence-corrected chi connectivity index (χ3v) is 3.69. The van der Waals surface area contributed by atoms with Gasteiger partial charge < -0.3 is 14.8 Å². The highest BCUT2D eigenvalue weighted by Gasteiger charge is 2.09. The minimum Gasteiger partial charge on any atom is -0.494 e. The molecule has 0 aliphatic carbocycles. The Morgan fingerprint density at radius 3 is 2.71 bits per heavy atom. The maximum Gasteiger partial charge on any atom is 0.338 e. The second-order valence-electron chi connectivity index (χ2n) is 5.46. The van der Waals surface area contributed by atoms with E-state index in [1.54, 1.807) is 37.4 Å². The van der Waals surface area contributed by atoms with Crippen molar-refractivity contribution in [3.05, 3.63) is 59.2 Å². The number of aryl methyl sites for hydroxylation is 1. The standard InChI is InChI=1S/C19H18N2O3/c1-3-24-19(23)13-5-7-14(8-6-13)20-11-16-15-9-4-12(2)10-17(15)21-18(16)22/h4-11,21-22H,3H2,1-2H3. The van der Waals surface area contributed by atoms with E-state index in [1.165, 1.54) is 0 Å². The second kappa shape index (κ2) is 6.58. The van der Waals surface area contributed by atoms with Gasteiger partial charge in [0, 0.05) is 17.1 Å². The van der Waals surface area contributed by atoms with Crippen LogP contribution in [0.4, 0.5) is 5.69 Å². The van der Waals surface area contributed by atoms with Crippen LogP contribution in [0.15, 0.2) is 47.5 Å². The van der Waals surface area contributed by atoms with Crippen molar-refractivity contribution in [2.75, 3.05) is 6.61 Å². The quantitative estimate of drug-likeness (QED) is 0.561. The first kappa shape index (κ1) is 15.8. The van der Waals surface area contributed by atoms with Gasteiger partial charge in [-0.1, -0.05) is 12.1 Å². The van der Waals surface area contributed by atoms with Crippen LogP contribution in [0.3, 0.4) is 0 Å². The lowest BCUT2D eigenvalue weighted by Gasteiger charge is -2.01. The minimum absolute atomic E-state index is 0.0856. The molecule has 5 nitrogen and oxygen atoms in total. The topological polar surface area (TPSA) is 74.7 Å². The average Bonchev–Trinajstić information content (AvgIpc) is 2.88. The molecule has 0 spiro atoms. The van der Waals surface area contributed by atoms with Gasteiger partial charge in [-0.3, -0.25) is 4.99 Å². The molecular formula is C19H18N2O3. The highest BCUT2D eigenvalue weighted by atomic mass is 16.5. The Morgan fingerprint density at radius 2 is 2.00 bits per heavy atom. The number of H-pyrrole nitrogens is 1. The molecular weight excluding hydrogens is 304 g/mol. The molecule has 0 saturated heterocycles. The molecule has 0 unspecified atom stereocenters. The van der Waals surface area contributed by atoms with Crippen LogP contribution in [0, 0.1) is 6.92 Å². The molecule has 1 heterocycles. The molecule has 3 aromatic rings. The van der Waals surface area contributed by atoms with Crippen molar-refractivity contribution in [1.29, 1.82) is 0 Å². The summed E-state index contributed by atoms with van der Waals surface area (Å²) >= 11 is 0. The number of aromatic amines is 1. The number of aromatic nitrogens is 1. The number of benzene rings is 2. The molecule has 24 heavy (non-hydrogen) atoms. The first-order valence-corrected chi connectivity index (χ1v) is 7.71. The summed E-state index contributed by atoms with van der Waals surface area (Å²) in [5, 5.41) is 11.0. The van der Waals surface area contributed by atoms with E-state index in [-0.39, 0.29) is 11.8 Å². The van der Waals surface area contributed by atoms with Crippen molar-refractivity contribution in [2.24, 2.45) is 4.99 Å².